The van der Waals surface area contributed by atoms with Crippen LogP contribution in [0.2, 0.25) is 0 Å². The van der Waals surface area contributed by atoms with Crippen LogP contribution in [0.1, 0.15) is 53.1 Å². The largest absolute Gasteiger partial charge is 0.330 e. The molecule has 4 heterocycles. The summed E-state index contributed by atoms with van der Waals surface area (Å²) < 4.78 is 1.93. The predicted molar refractivity (Wildman–Crippen MR) is 112 cm³/mol. The summed E-state index contributed by atoms with van der Waals surface area (Å²) in [7, 11) is 0. The third-order valence-corrected chi connectivity index (χ3v) is 8.40. The van der Waals surface area contributed by atoms with E-state index in [0.717, 1.165) is 31.0 Å². The normalized spacial score (nSPS) is 19.9. The highest BCUT2D eigenvalue weighted by atomic mass is 32.2. The Morgan fingerprint density at radius 1 is 1.21 bits per heavy atom. The zero-order valence-corrected chi connectivity index (χ0v) is 17.8. The molecule has 1 amide bonds. The molecule has 9 heteroatoms. The molecule has 0 N–H and O–H groups in total. The summed E-state index contributed by atoms with van der Waals surface area (Å²) >= 11 is 4.99. The Hall–Kier alpha value is -1.71. The van der Waals surface area contributed by atoms with E-state index in [0.29, 0.717) is 11.8 Å². The molecule has 3 aromatic rings. The van der Waals surface area contributed by atoms with Crippen LogP contribution in [-0.4, -0.2) is 43.3 Å². The van der Waals surface area contributed by atoms with E-state index in [4.69, 9.17) is 0 Å². The van der Waals surface area contributed by atoms with Gasteiger partial charge in [0.05, 0.1) is 17.8 Å². The van der Waals surface area contributed by atoms with E-state index in [-0.39, 0.29) is 11.9 Å². The minimum atomic E-state index is 0.0360. The molecule has 0 bridgehead atoms. The van der Waals surface area contributed by atoms with Gasteiger partial charge in [0.1, 0.15) is 0 Å². The molecule has 146 valence electrons. The number of tetrazole rings is 1. The first-order valence-electron chi connectivity index (χ1n) is 9.61. The Kier molecular flexibility index (Phi) is 5.21. The van der Waals surface area contributed by atoms with Crippen molar-refractivity contribution < 1.29 is 4.79 Å². The van der Waals surface area contributed by atoms with Gasteiger partial charge in [-0.1, -0.05) is 30.7 Å². The van der Waals surface area contributed by atoms with Gasteiger partial charge in [0, 0.05) is 16.3 Å². The summed E-state index contributed by atoms with van der Waals surface area (Å²) in [4.78, 5) is 17.9. The van der Waals surface area contributed by atoms with Crippen molar-refractivity contribution in [3.05, 3.63) is 44.3 Å². The molecule has 1 fully saturated rings. The number of carbonyl (C=O) groups is 1. The van der Waals surface area contributed by atoms with Crippen LogP contribution in [0.15, 0.2) is 34.1 Å². The molecule has 28 heavy (non-hydrogen) atoms. The molecular weight excluding hydrogens is 410 g/mol. The van der Waals surface area contributed by atoms with Gasteiger partial charge in [0.2, 0.25) is 11.1 Å². The van der Waals surface area contributed by atoms with E-state index in [1.165, 1.54) is 39.9 Å². The maximum Gasteiger partial charge on any atom is 0.233 e. The standard InChI is InChI=1S/C19H21N5OS3/c25-17(12-28-19-20-21-22-24(19)13-4-1-2-5-13)23-9-7-15-14(8-11-27-15)18(23)16-6-3-10-26-16/h3,6,8,10-11,13,18H,1-2,4-5,7,9,12H2. The van der Waals surface area contributed by atoms with Crippen LogP contribution in [0.3, 0.4) is 0 Å². The van der Waals surface area contributed by atoms with E-state index in [1.54, 1.807) is 22.7 Å². The van der Waals surface area contributed by atoms with Gasteiger partial charge >= 0.3 is 0 Å². The number of aromatic nitrogens is 4. The summed E-state index contributed by atoms with van der Waals surface area (Å²) in [5.41, 5.74) is 1.29. The quantitative estimate of drug-likeness (QED) is 0.567. The van der Waals surface area contributed by atoms with Gasteiger partial charge < -0.3 is 4.90 Å². The van der Waals surface area contributed by atoms with Gasteiger partial charge in [0.15, 0.2) is 0 Å². The highest BCUT2D eigenvalue weighted by Gasteiger charge is 2.33. The van der Waals surface area contributed by atoms with Crippen molar-refractivity contribution in [2.45, 2.75) is 49.3 Å². The molecule has 1 aliphatic heterocycles. The zero-order chi connectivity index (χ0) is 18.9. The van der Waals surface area contributed by atoms with Crippen molar-refractivity contribution in [2.24, 2.45) is 0 Å². The van der Waals surface area contributed by atoms with E-state index < -0.39 is 0 Å². The number of thiophene rings is 2. The Bertz CT molecular complexity index is 945. The third kappa shape index (κ3) is 3.40. The van der Waals surface area contributed by atoms with Crippen LogP contribution in [0.25, 0.3) is 0 Å². The first-order chi connectivity index (χ1) is 13.8. The fourth-order valence-electron chi connectivity index (χ4n) is 4.21. The molecule has 0 spiro atoms. The van der Waals surface area contributed by atoms with Crippen molar-refractivity contribution in [3.63, 3.8) is 0 Å². The Labute approximate surface area is 175 Å². The number of hydrogen-bond donors (Lipinski definition) is 0. The second kappa shape index (κ2) is 7.96. The predicted octanol–water partition coefficient (Wildman–Crippen LogP) is 4.18. The molecule has 1 saturated carbocycles. The maximum atomic E-state index is 13.2. The molecule has 0 radical (unpaired) electrons. The average Bonchev–Trinajstić information content (AvgIpc) is 3.50. The van der Waals surface area contributed by atoms with Gasteiger partial charge in [-0.15, -0.1) is 27.8 Å². The lowest BCUT2D eigenvalue weighted by molar-refractivity contribution is -0.130. The van der Waals surface area contributed by atoms with Crippen molar-refractivity contribution in [1.29, 1.82) is 0 Å². The molecule has 0 aromatic carbocycles. The number of rotatable bonds is 5. The van der Waals surface area contributed by atoms with Crippen molar-refractivity contribution >= 4 is 40.3 Å². The van der Waals surface area contributed by atoms with E-state index in [9.17, 15) is 4.79 Å². The third-order valence-electron chi connectivity index (χ3n) is 5.56. The summed E-state index contributed by atoms with van der Waals surface area (Å²) in [5.74, 6) is 0.523. The molecule has 3 aromatic heterocycles. The van der Waals surface area contributed by atoms with Crippen LogP contribution >= 0.6 is 34.4 Å². The lowest BCUT2D eigenvalue weighted by Gasteiger charge is -2.35. The summed E-state index contributed by atoms with van der Waals surface area (Å²) in [6.07, 6.45) is 5.64. The molecular formula is C19H21N5OS3. The minimum absolute atomic E-state index is 0.0360. The number of amides is 1. The molecule has 1 atom stereocenters. The van der Waals surface area contributed by atoms with Crippen LogP contribution in [0.5, 0.6) is 0 Å². The van der Waals surface area contributed by atoms with Crippen molar-refractivity contribution in [3.8, 4) is 0 Å². The highest BCUT2D eigenvalue weighted by Crippen LogP contribution is 2.40. The average molecular weight is 432 g/mol. The van der Waals surface area contributed by atoms with Gasteiger partial charge in [-0.2, -0.15) is 0 Å². The fraction of sp³-hybridized carbons (Fsp3) is 0.474. The molecule has 0 saturated heterocycles. The Morgan fingerprint density at radius 3 is 2.93 bits per heavy atom. The lowest BCUT2D eigenvalue weighted by atomic mass is 9.98. The second-order valence-electron chi connectivity index (χ2n) is 7.19. The number of nitrogens with zero attached hydrogens (tertiary/aromatic N) is 5. The molecule has 2 aliphatic rings. The van der Waals surface area contributed by atoms with Crippen LogP contribution in [0.4, 0.5) is 0 Å². The smallest absolute Gasteiger partial charge is 0.233 e. The van der Waals surface area contributed by atoms with Crippen LogP contribution < -0.4 is 0 Å². The zero-order valence-electron chi connectivity index (χ0n) is 15.4. The van der Waals surface area contributed by atoms with Gasteiger partial charge in [0.25, 0.3) is 0 Å². The van der Waals surface area contributed by atoms with Crippen molar-refractivity contribution in [2.75, 3.05) is 12.3 Å². The molecule has 1 aliphatic carbocycles. The fourth-order valence-corrected chi connectivity index (χ4v) is 6.80. The highest BCUT2D eigenvalue weighted by molar-refractivity contribution is 7.99. The Morgan fingerprint density at radius 2 is 2.11 bits per heavy atom. The monoisotopic (exact) mass is 431 g/mol. The van der Waals surface area contributed by atoms with Crippen molar-refractivity contribution in [1.82, 2.24) is 25.1 Å². The number of thioether (sulfide) groups is 1. The first-order valence-corrected chi connectivity index (χ1v) is 12.4. The number of fused-ring (bicyclic) bond motifs is 1. The van der Waals surface area contributed by atoms with Gasteiger partial charge in [-0.25, -0.2) is 4.68 Å². The molecule has 6 nitrogen and oxygen atoms in total. The Balaban J connectivity index is 1.33. The summed E-state index contributed by atoms with van der Waals surface area (Å²) in [5, 5.41) is 17.2. The second-order valence-corrected chi connectivity index (χ2v) is 10.1. The SMILES string of the molecule is O=C(CSc1nnnn1C1CCCC1)N1CCc2sccc2C1c1cccs1. The molecule has 5 rings (SSSR count). The summed E-state index contributed by atoms with van der Waals surface area (Å²) in [6, 6.07) is 6.80. The van der Waals surface area contributed by atoms with Gasteiger partial charge in [-0.3, -0.25) is 4.79 Å². The maximum absolute atomic E-state index is 13.2. The van der Waals surface area contributed by atoms with Crippen LogP contribution in [-0.2, 0) is 11.2 Å². The van der Waals surface area contributed by atoms with Gasteiger partial charge in [-0.05, 0) is 58.1 Å². The number of carbonyl (C=O) groups excluding carboxylic acids is 1. The van der Waals surface area contributed by atoms with E-state index in [1.807, 2.05) is 9.58 Å². The number of hydrogen-bond acceptors (Lipinski definition) is 7. The first kappa shape index (κ1) is 18.3. The van der Waals surface area contributed by atoms with E-state index in [2.05, 4.69) is 44.5 Å². The topological polar surface area (TPSA) is 63.9 Å². The lowest BCUT2D eigenvalue weighted by Crippen LogP contribution is -2.40. The van der Waals surface area contributed by atoms with Crippen LogP contribution in [0, 0.1) is 0 Å². The minimum Gasteiger partial charge on any atom is -0.330 e. The summed E-state index contributed by atoms with van der Waals surface area (Å²) in [6.45, 7) is 0.767. The molecule has 1 unspecified atom stereocenters. The van der Waals surface area contributed by atoms with E-state index >= 15 is 0 Å².